The lowest BCUT2D eigenvalue weighted by atomic mass is 9.79. The molecule has 13 heteroatoms. The van der Waals surface area contributed by atoms with E-state index < -0.39 is 48.0 Å². The van der Waals surface area contributed by atoms with Gasteiger partial charge < -0.3 is 27.2 Å². The molecule has 26 heavy (non-hydrogen) atoms. The van der Waals surface area contributed by atoms with E-state index in [1.165, 1.54) is 0 Å². The Labute approximate surface area is 153 Å². The van der Waals surface area contributed by atoms with Crippen molar-refractivity contribution in [2.75, 3.05) is 32.9 Å². The van der Waals surface area contributed by atoms with Crippen LogP contribution < -0.4 is 17.2 Å². The Kier molecular flexibility index (Phi) is 8.39. The van der Waals surface area contributed by atoms with Gasteiger partial charge in [0.2, 0.25) is 0 Å². The molecule has 0 saturated carbocycles. The van der Waals surface area contributed by atoms with Crippen LogP contribution in [0.5, 0.6) is 0 Å². The standard InChI is InChI=1S/C13H29BFN5O5S/c1-13(18)9-19(8-10(13)3-2-4-14(22)23)26(24,25)20(6-5-15)12(21)11(17)7-16/h10-11,22-23H,2-9,16-18H2,1H3/t10-,11?,13-/m0/s1. The summed E-state index contributed by atoms with van der Waals surface area (Å²) in [6.45, 7) is -0.268. The summed E-state index contributed by atoms with van der Waals surface area (Å²) in [6, 6.07) is -1.25. The maximum Gasteiger partial charge on any atom is 0.451 e. The van der Waals surface area contributed by atoms with Crippen LogP contribution in [0.2, 0.25) is 6.32 Å². The van der Waals surface area contributed by atoms with Gasteiger partial charge in [0, 0.05) is 25.2 Å². The predicted octanol–water partition coefficient (Wildman–Crippen LogP) is -2.78. The predicted molar refractivity (Wildman–Crippen MR) is 95.5 cm³/mol. The number of amides is 1. The van der Waals surface area contributed by atoms with Crippen LogP contribution in [0.15, 0.2) is 0 Å². The van der Waals surface area contributed by atoms with Crippen molar-refractivity contribution in [2.24, 2.45) is 23.1 Å². The molecule has 0 aliphatic carbocycles. The number of alkyl halides is 1. The third kappa shape index (κ3) is 5.58. The molecule has 1 unspecified atom stereocenters. The van der Waals surface area contributed by atoms with Gasteiger partial charge in [-0.1, -0.05) is 6.42 Å². The Bertz CT molecular complexity index is 579. The molecular weight excluding hydrogens is 368 g/mol. The lowest BCUT2D eigenvalue weighted by Crippen LogP contribution is -2.54. The van der Waals surface area contributed by atoms with Crippen LogP contribution in [0.3, 0.4) is 0 Å². The molecule has 0 aromatic rings. The monoisotopic (exact) mass is 397 g/mol. The lowest BCUT2D eigenvalue weighted by molar-refractivity contribution is -0.127. The molecule has 1 aliphatic heterocycles. The summed E-state index contributed by atoms with van der Waals surface area (Å²) in [5, 5.41) is 17.8. The van der Waals surface area contributed by atoms with Crippen LogP contribution >= 0.6 is 0 Å². The van der Waals surface area contributed by atoms with Crippen LogP contribution in [-0.2, 0) is 15.0 Å². The number of nitrogens with two attached hydrogens (primary N) is 3. The number of carbonyl (C=O) groups is 1. The van der Waals surface area contributed by atoms with Gasteiger partial charge in [-0.15, -0.1) is 0 Å². The van der Waals surface area contributed by atoms with Crippen molar-refractivity contribution in [3.63, 3.8) is 0 Å². The summed E-state index contributed by atoms with van der Waals surface area (Å²) in [5.74, 6) is -1.21. The van der Waals surface area contributed by atoms with Crippen molar-refractivity contribution in [2.45, 2.75) is 37.7 Å². The van der Waals surface area contributed by atoms with Crippen molar-refractivity contribution in [1.29, 1.82) is 0 Å². The Morgan fingerprint density at radius 1 is 1.50 bits per heavy atom. The van der Waals surface area contributed by atoms with Gasteiger partial charge in [-0.25, -0.2) is 8.70 Å². The molecule has 8 N–H and O–H groups in total. The number of carbonyl (C=O) groups excluding carboxylic acids is 1. The third-order valence-electron chi connectivity index (χ3n) is 4.60. The Hall–Kier alpha value is -0.825. The Morgan fingerprint density at radius 2 is 2.12 bits per heavy atom. The molecular formula is C13H29BFN5O5S. The number of rotatable bonds is 10. The Morgan fingerprint density at radius 3 is 2.62 bits per heavy atom. The molecule has 152 valence electrons. The van der Waals surface area contributed by atoms with Gasteiger partial charge in [0.05, 0.1) is 12.6 Å². The van der Waals surface area contributed by atoms with E-state index >= 15 is 0 Å². The highest BCUT2D eigenvalue weighted by molar-refractivity contribution is 7.87. The second-order valence-electron chi connectivity index (χ2n) is 6.86. The van der Waals surface area contributed by atoms with E-state index in [-0.39, 0.29) is 31.9 Å². The van der Waals surface area contributed by atoms with Crippen LogP contribution in [-0.4, -0.2) is 84.5 Å². The summed E-state index contributed by atoms with van der Waals surface area (Å²) in [7, 11) is -5.73. The first-order valence-electron chi connectivity index (χ1n) is 8.45. The first-order chi connectivity index (χ1) is 12.0. The summed E-state index contributed by atoms with van der Waals surface area (Å²) >= 11 is 0. The van der Waals surface area contributed by atoms with Crippen molar-refractivity contribution in [3.8, 4) is 0 Å². The van der Waals surface area contributed by atoms with Crippen molar-refractivity contribution in [3.05, 3.63) is 0 Å². The van der Waals surface area contributed by atoms with E-state index in [1.807, 2.05) is 0 Å². The zero-order valence-electron chi connectivity index (χ0n) is 14.9. The van der Waals surface area contributed by atoms with Gasteiger partial charge in [-0.2, -0.15) is 12.7 Å². The fraction of sp³-hybridized carbons (Fsp3) is 0.923. The number of nitrogens with zero attached hydrogens (tertiary/aromatic N) is 2. The molecule has 10 nitrogen and oxygen atoms in total. The van der Waals surface area contributed by atoms with Crippen LogP contribution in [0.25, 0.3) is 0 Å². The van der Waals surface area contributed by atoms with E-state index in [0.29, 0.717) is 17.1 Å². The highest BCUT2D eigenvalue weighted by Crippen LogP contribution is 2.32. The molecule has 1 rings (SSSR count). The minimum atomic E-state index is -4.30. The number of halogens is 1. The van der Waals surface area contributed by atoms with Gasteiger partial charge >= 0.3 is 17.3 Å². The fourth-order valence-electron chi connectivity index (χ4n) is 3.01. The molecule has 1 aliphatic rings. The first-order valence-corrected chi connectivity index (χ1v) is 9.85. The van der Waals surface area contributed by atoms with Gasteiger partial charge in [-0.05, 0) is 25.6 Å². The van der Waals surface area contributed by atoms with E-state index in [4.69, 9.17) is 27.2 Å². The molecule has 0 spiro atoms. The van der Waals surface area contributed by atoms with E-state index in [1.54, 1.807) is 6.92 Å². The highest BCUT2D eigenvalue weighted by Gasteiger charge is 2.47. The van der Waals surface area contributed by atoms with Crippen molar-refractivity contribution < 1.29 is 27.7 Å². The SMILES string of the molecule is C[C@]1(N)CN(S(=O)(=O)N(CCF)C(=O)C(N)CN)C[C@@H]1CCCB(O)O. The summed E-state index contributed by atoms with van der Waals surface area (Å²) in [4.78, 5) is 12.2. The second kappa shape index (κ2) is 9.40. The molecule has 0 bridgehead atoms. The highest BCUT2D eigenvalue weighted by atomic mass is 32.2. The van der Waals surface area contributed by atoms with Gasteiger partial charge in [-0.3, -0.25) is 4.79 Å². The maximum absolute atomic E-state index is 12.8. The average molecular weight is 397 g/mol. The summed E-state index contributed by atoms with van der Waals surface area (Å²) in [5.41, 5.74) is 16.2. The molecule has 3 atom stereocenters. The van der Waals surface area contributed by atoms with Crippen LogP contribution in [0.4, 0.5) is 4.39 Å². The quantitative estimate of drug-likeness (QED) is 0.246. The van der Waals surface area contributed by atoms with E-state index in [0.717, 1.165) is 4.31 Å². The summed E-state index contributed by atoms with van der Waals surface area (Å²) < 4.78 is 40.0. The minimum Gasteiger partial charge on any atom is -0.427 e. The third-order valence-corrected chi connectivity index (χ3v) is 6.45. The molecule has 1 saturated heterocycles. The normalized spacial score (nSPS) is 25.3. The summed E-state index contributed by atoms with van der Waals surface area (Å²) in [6.07, 6.45) is 1.08. The Balaban J connectivity index is 2.94. The molecule has 0 aromatic heterocycles. The number of hydrogen-bond acceptors (Lipinski definition) is 8. The van der Waals surface area contributed by atoms with Gasteiger partial charge in [0.15, 0.2) is 0 Å². The van der Waals surface area contributed by atoms with E-state index in [9.17, 15) is 17.6 Å². The maximum atomic E-state index is 12.8. The van der Waals surface area contributed by atoms with Crippen LogP contribution in [0.1, 0.15) is 19.8 Å². The van der Waals surface area contributed by atoms with Crippen LogP contribution in [0, 0.1) is 5.92 Å². The molecule has 0 radical (unpaired) electrons. The molecule has 0 aromatic carbocycles. The van der Waals surface area contributed by atoms with Gasteiger partial charge in [0.25, 0.3) is 5.91 Å². The zero-order chi connectivity index (χ0) is 20.1. The second-order valence-corrected chi connectivity index (χ2v) is 8.71. The lowest BCUT2D eigenvalue weighted by Gasteiger charge is -2.29. The molecule has 1 fully saturated rings. The topological polar surface area (TPSA) is 176 Å². The molecule has 1 heterocycles. The minimum absolute atomic E-state index is 0.0460. The largest absolute Gasteiger partial charge is 0.451 e. The average Bonchev–Trinajstić information content (AvgIpc) is 2.86. The zero-order valence-corrected chi connectivity index (χ0v) is 15.7. The van der Waals surface area contributed by atoms with Gasteiger partial charge in [0.1, 0.15) is 6.67 Å². The smallest absolute Gasteiger partial charge is 0.427 e. The van der Waals surface area contributed by atoms with Crippen molar-refractivity contribution >= 4 is 23.2 Å². The van der Waals surface area contributed by atoms with E-state index in [2.05, 4.69) is 0 Å². The molecule has 1 amide bonds. The number of hydrogen-bond donors (Lipinski definition) is 5. The van der Waals surface area contributed by atoms with Crippen molar-refractivity contribution in [1.82, 2.24) is 8.61 Å². The fourth-order valence-corrected chi connectivity index (χ4v) is 4.76. The first kappa shape index (κ1) is 23.2.